The molecule has 132 valence electrons. The van der Waals surface area contributed by atoms with E-state index in [2.05, 4.69) is 29.4 Å². The Hall–Kier alpha value is -1.39. The van der Waals surface area contributed by atoms with Crippen LogP contribution in [0.25, 0.3) is 4.91 Å². The minimum atomic E-state index is 0.282. The number of oxime groups is 1. The molecular formula is C20H14Cl3NOS. The first-order valence-corrected chi connectivity index (χ1v) is 10.2. The molecule has 0 saturated heterocycles. The number of thioether (sulfide) groups is 1. The van der Waals surface area contributed by atoms with Crippen LogP contribution in [-0.4, -0.2) is 12.0 Å². The van der Waals surface area contributed by atoms with Crippen molar-refractivity contribution in [2.45, 2.75) is 13.0 Å². The average Bonchev–Trinajstić information content (AvgIpc) is 3.01. The molecule has 0 amide bonds. The van der Waals surface area contributed by atoms with Gasteiger partial charge in [-0.1, -0.05) is 70.3 Å². The van der Waals surface area contributed by atoms with Gasteiger partial charge < -0.3 is 4.84 Å². The lowest BCUT2D eigenvalue weighted by Crippen LogP contribution is -2.02. The largest absolute Gasteiger partial charge is 0.391 e. The summed E-state index contributed by atoms with van der Waals surface area (Å²) < 4.78 is 0. The lowest BCUT2D eigenvalue weighted by Gasteiger charge is -2.16. The zero-order valence-electron chi connectivity index (χ0n) is 13.6. The zero-order valence-corrected chi connectivity index (χ0v) is 16.7. The first-order valence-electron chi connectivity index (χ1n) is 8.06. The summed E-state index contributed by atoms with van der Waals surface area (Å²) in [6.07, 6.45) is 2.57. The van der Waals surface area contributed by atoms with Crippen molar-refractivity contribution in [3.63, 3.8) is 0 Å². The second kappa shape index (κ2) is 7.69. The van der Waals surface area contributed by atoms with Gasteiger partial charge in [0.15, 0.2) is 0 Å². The number of benzene rings is 2. The summed E-state index contributed by atoms with van der Waals surface area (Å²) in [6, 6.07) is 13.7. The predicted molar refractivity (Wildman–Crippen MR) is 112 cm³/mol. The van der Waals surface area contributed by atoms with Gasteiger partial charge >= 0.3 is 0 Å². The third-order valence-electron chi connectivity index (χ3n) is 4.34. The molecule has 1 aliphatic heterocycles. The summed E-state index contributed by atoms with van der Waals surface area (Å²) >= 11 is 20.5. The van der Waals surface area contributed by atoms with E-state index in [1.165, 1.54) is 21.6 Å². The molecule has 2 aromatic carbocycles. The van der Waals surface area contributed by atoms with Crippen LogP contribution in [0.1, 0.15) is 16.7 Å². The first kappa shape index (κ1) is 18.0. The van der Waals surface area contributed by atoms with Crippen LogP contribution in [0.2, 0.25) is 10.0 Å². The Bertz CT molecular complexity index is 965. The molecule has 0 aromatic heterocycles. The fourth-order valence-corrected chi connectivity index (χ4v) is 5.12. The van der Waals surface area contributed by atoms with Crippen molar-refractivity contribution >= 4 is 57.7 Å². The monoisotopic (exact) mass is 421 g/mol. The molecule has 0 unspecified atom stereocenters. The van der Waals surface area contributed by atoms with E-state index in [0.717, 1.165) is 28.3 Å². The molecule has 4 rings (SSSR count). The number of rotatable bonds is 4. The second-order valence-electron chi connectivity index (χ2n) is 6.01. The molecule has 0 bridgehead atoms. The molecule has 26 heavy (non-hydrogen) atoms. The molecule has 0 spiro atoms. The Morgan fingerprint density at radius 2 is 1.96 bits per heavy atom. The number of halogens is 3. The minimum absolute atomic E-state index is 0.282. The third-order valence-corrected chi connectivity index (χ3v) is 6.61. The van der Waals surface area contributed by atoms with Gasteiger partial charge in [0.25, 0.3) is 0 Å². The second-order valence-corrected chi connectivity index (χ2v) is 8.22. The number of hydrogen-bond donors (Lipinski definition) is 0. The van der Waals surface area contributed by atoms with Gasteiger partial charge in [0.05, 0.1) is 11.2 Å². The fourth-order valence-electron chi connectivity index (χ4n) is 3.02. The molecule has 6 heteroatoms. The van der Waals surface area contributed by atoms with E-state index < -0.39 is 0 Å². The molecule has 2 nitrogen and oxygen atoms in total. The normalized spacial score (nSPS) is 16.3. The Morgan fingerprint density at radius 3 is 2.81 bits per heavy atom. The minimum Gasteiger partial charge on any atom is -0.391 e. The summed E-state index contributed by atoms with van der Waals surface area (Å²) in [4.78, 5) is 6.68. The maximum atomic E-state index is 6.64. The van der Waals surface area contributed by atoms with Gasteiger partial charge in [0.1, 0.15) is 6.61 Å². The highest BCUT2D eigenvalue weighted by Gasteiger charge is 2.28. The number of fused-ring (bicyclic) bond motifs is 2. The van der Waals surface area contributed by atoms with Crippen LogP contribution in [0.15, 0.2) is 63.8 Å². The van der Waals surface area contributed by atoms with Crippen LogP contribution in [0.5, 0.6) is 0 Å². The molecule has 1 heterocycles. The Balaban J connectivity index is 1.46. The van der Waals surface area contributed by atoms with Gasteiger partial charge in [-0.15, -0.1) is 11.8 Å². The first-order chi connectivity index (χ1) is 12.6. The highest BCUT2D eigenvalue weighted by molar-refractivity contribution is 8.08. The molecule has 0 radical (unpaired) electrons. The highest BCUT2D eigenvalue weighted by atomic mass is 35.5. The van der Waals surface area contributed by atoms with Crippen LogP contribution in [0, 0.1) is 0 Å². The van der Waals surface area contributed by atoms with Crippen molar-refractivity contribution in [3.8, 4) is 0 Å². The zero-order chi connectivity index (χ0) is 18.1. The average molecular weight is 423 g/mol. The molecule has 0 N–H and O–H groups in total. The summed E-state index contributed by atoms with van der Waals surface area (Å²) in [5, 5.41) is 6.02. The van der Waals surface area contributed by atoms with Crippen molar-refractivity contribution in [1.82, 2.24) is 0 Å². The number of nitrogens with zero attached hydrogens (tertiary/aromatic N) is 1. The summed E-state index contributed by atoms with van der Waals surface area (Å²) in [7, 11) is 0. The van der Waals surface area contributed by atoms with Crippen molar-refractivity contribution in [2.24, 2.45) is 5.16 Å². The number of allylic oxidation sites excluding steroid dienone is 2. The standard InChI is InChI=1S/C20H14Cl3NOS/c21-15-6-5-13(18(22)8-15)10-25-24-9-14-11-26-20-16-4-2-1-3-12(16)7-17(20)19(14)23/h1-6,8-9H,7,10-11H2. The van der Waals surface area contributed by atoms with Gasteiger partial charge in [-0.3, -0.25) is 0 Å². The highest BCUT2D eigenvalue weighted by Crippen LogP contribution is 2.48. The fraction of sp³-hybridized carbons (Fsp3) is 0.150. The summed E-state index contributed by atoms with van der Waals surface area (Å²) in [6.45, 7) is 0.282. The van der Waals surface area contributed by atoms with Crippen LogP contribution < -0.4 is 0 Å². The van der Waals surface area contributed by atoms with E-state index in [1.54, 1.807) is 30.1 Å². The maximum absolute atomic E-state index is 6.64. The smallest absolute Gasteiger partial charge is 0.143 e. The van der Waals surface area contributed by atoms with Crippen LogP contribution in [0.3, 0.4) is 0 Å². The van der Waals surface area contributed by atoms with E-state index in [1.807, 2.05) is 6.07 Å². The van der Waals surface area contributed by atoms with E-state index >= 15 is 0 Å². The lowest BCUT2D eigenvalue weighted by molar-refractivity contribution is 0.132. The summed E-state index contributed by atoms with van der Waals surface area (Å²) in [5.41, 5.74) is 5.63. The molecule has 2 aromatic rings. The van der Waals surface area contributed by atoms with Gasteiger partial charge in [-0.25, -0.2) is 0 Å². The summed E-state index contributed by atoms with van der Waals surface area (Å²) in [5.74, 6) is 0.778. The topological polar surface area (TPSA) is 21.6 Å². The van der Waals surface area contributed by atoms with Crippen molar-refractivity contribution in [1.29, 1.82) is 0 Å². The molecule has 0 fully saturated rings. The Morgan fingerprint density at radius 1 is 1.12 bits per heavy atom. The van der Waals surface area contributed by atoms with Gasteiger partial charge in [-0.05, 0) is 28.8 Å². The van der Waals surface area contributed by atoms with E-state index in [-0.39, 0.29) is 6.61 Å². The molecule has 2 aliphatic rings. The molecule has 0 atom stereocenters. The quantitative estimate of drug-likeness (QED) is 0.404. The lowest BCUT2D eigenvalue weighted by atomic mass is 10.1. The van der Waals surface area contributed by atoms with Crippen LogP contribution >= 0.6 is 46.6 Å². The Labute approximate surface area is 171 Å². The van der Waals surface area contributed by atoms with Gasteiger partial charge in [0, 0.05) is 38.3 Å². The van der Waals surface area contributed by atoms with Gasteiger partial charge in [0.2, 0.25) is 0 Å². The SMILES string of the molecule is ClC1=C(C=NOCc2ccc(Cl)cc2Cl)CSC2=C1Cc1ccccc12. The van der Waals surface area contributed by atoms with Crippen molar-refractivity contribution < 1.29 is 4.84 Å². The van der Waals surface area contributed by atoms with Crippen molar-refractivity contribution in [3.05, 3.63) is 85.4 Å². The molecule has 1 aliphatic carbocycles. The maximum Gasteiger partial charge on any atom is 0.143 e. The van der Waals surface area contributed by atoms with E-state index in [0.29, 0.717) is 10.0 Å². The number of hydrogen-bond acceptors (Lipinski definition) is 3. The van der Waals surface area contributed by atoms with Gasteiger partial charge in [-0.2, -0.15) is 0 Å². The Kier molecular flexibility index (Phi) is 5.32. The third kappa shape index (κ3) is 3.54. The predicted octanol–water partition coefficient (Wildman–Crippen LogP) is 6.70. The van der Waals surface area contributed by atoms with Crippen LogP contribution in [0.4, 0.5) is 0 Å². The van der Waals surface area contributed by atoms with E-state index in [4.69, 9.17) is 39.6 Å². The molecule has 0 saturated carbocycles. The molecular weight excluding hydrogens is 409 g/mol. The van der Waals surface area contributed by atoms with E-state index in [9.17, 15) is 0 Å². The van der Waals surface area contributed by atoms with Crippen LogP contribution in [-0.2, 0) is 17.9 Å². The van der Waals surface area contributed by atoms with Crippen molar-refractivity contribution in [2.75, 3.05) is 5.75 Å².